The Morgan fingerprint density at radius 1 is 1.36 bits per heavy atom. The summed E-state index contributed by atoms with van der Waals surface area (Å²) in [7, 11) is 0. The van der Waals surface area contributed by atoms with E-state index >= 15 is 0 Å². The SMILES string of the molecule is CC(C)(C)c1cocc1C=O. The number of carbonyl (C=O) groups excluding carboxylic acids is 1. The van der Waals surface area contributed by atoms with Crippen molar-refractivity contribution in [1.82, 2.24) is 0 Å². The normalized spacial score (nSPS) is 11.5. The smallest absolute Gasteiger partial charge is 0.153 e. The van der Waals surface area contributed by atoms with Crippen molar-refractivity contribution in [3.8, 4) is 0 Å². The van der Waals surface area contributed by atoms with Gasteiger partial charge in [-0.15, -0.1) is 0 Å². The molecule has 0 amide bonds. The molecule has 0 atom stereocenters. The molecule has 0 unspecified atom stereocenters. The van der Waals surface area contributed by atoms with E-state index < -0.39 is 0 Å². The van der Waals surface area contributed by atoms with Gasteiger partial charge in [-0.1, -0.05) is 20.8 Å². The van der Waals surface area contributed by atoms with E-state index in [1.54, 1.807) is 6.26 Å². The van der Waals surface area contributed by atoms with Crippen molar-refractivity contribution in [2.75, 3.05) is 0 Å². The molecule has 2 heteroatoms. The molecule has 1 aromatic rings. The van der Waals surface area contributed by atoms with Gasteiger partial charge >= 0.3 is 0 Å². The number of carbonyl (C=O) groups is 1. The molecule has 2 nitrogen and oxygen atoms in total. The maximum atomic E-state index is 10.5. The molecule has 0 spiro atoms. The first kappa shape index (κ1) is 8.05. The number of aldehydes is 1. The monoisotopic (exact) mass is 152 g/mol. The molecule has 0 bridgehead atoms. The van der Waals surface area contributed by atoms with Gasteiger partial charge in [-0.05, 0) is 5.41 Å². The molecular weight excluding hydrogens is 140 g/mol. The van der Waals surface area contributed by atoms with Crippen LogP contribution in [-0.2, 0) is 5.41 Å². The number of rotatable bonds is 1. The van der Waals surface area contributed by atoms with Gasteiger partial charge in [0.15, 0.2) is 6.29 Å². The van der Waals surface area contributed by atoms with Gasteiger partial charge in [-0.2, -0.15) is 0 Å². The second kappa shape index (κ2) is 2.53. The summed E-state index contributed by atoms with van der Waals surface area (Å²) in [5.41, 5.74) is 1.61. The van der Waals surface area contributed by atoms with Gasteiger partial charge in [-0.25, -0.2) is 0 Å². The molecule has 0 aromatic carbocycles. The van der Waals surface area contributed by atoms with E-state index in [4.69, 9.17) is 4.42 Å². The molecule has 0 aliphatic rings. The zero-order chi connectivity index (χ0) is 8.48. The zero-order valence-corrected chi connectivity index (χ0v) is 7.05. The van der Waals surface area contributed by atoms with Crippen LogP contribution in [0.3, 0.4) is 0 Å². The summed E-state index contributed by atoms with van der Waals surface area (Å²) in [6.45, 7) is 6.14. The molecule has 11 heavy (non-hydrogen) atoms. The highest BCUT2D eigenvalue weighted by molar-refractivity contribution is 5.77. The van der Waals surface area contributed by atoms with E-state index in [2.05, 4.69) is 0 Å². The first-order chi connectivity index (χ1) is 5.05. The van der Waals surface area contributed by atoms with Crippen molar-refractivity contribution in [2.24, 2.45) is 0 Å². The van der Waals surface area contributed by atoms with E-state index in [1.165, 1.54) is 6.26 Å². The van der Waals surface area contributed by atoms with Gasteiger partial charge in [-0.3, -0.25) is 4.79 Å². The minimum atomic E-state index is -0.0107. The van der Waals surface area contributed by atoms with Crippen LogP contribution in [0, 0.1) is 0 Å². The standard InChI is InChI=1S/C9H12O2/c1-9(2,3)8-6-11-5-7(8)4-10/h4-6H,1-3H3. The molecule has 0 N–H and O–H groups in total. The van der Waals surface area contributed by atoms with Gasteiger partial charge in [0.2, 0.25) is 0 Å². The lowest BCUT2D eigenvalue weighted by Gasteiger charge is -2.16. The zero-order valence-electron chi connectivity index (χ0n) is 7.05. The highest BCUT2D eigenvalue weighted by Gasteiger charge is 2.19. The predicted molar refractivity (Wildman–Crippen MR) is 42.8 cm³/mol. The molecule has 0 saturated carbocycles. The summed E-state index contributed by atoms with van der Waals surface area (Å²) in [6.07, 6.45) is 3.93. The summed E-state index contributed by atoms with van der Waals surface area (Å²) >= 11 is 0. The third-order valence-electron chi connectivity index (χ3n) is 1.63. The van der Waals surface area contributed by atoms with Gasteiger partial charge < -0.3 is 4.42 Å². The van der Waals surface area contributed by atoms with E-state index in [0.29, 0.717) is 5.56 Å². The number of furan rings is 1. The van der Waals surface area contributed by atoms with Crippen molar-refractivity contribution in [3.05, 3.63) is 23.7 Å². The minimum Gasteiger partial charge on any atom is -0.472 e. The summed E-state index contributed by atoms with van der Waals surface area (Å²) in [6, 6.07) is 0. The van der Waals surface area contributed by atoms with E-state index in [1.807, 2.05) is 20.8 Å². The first-order valence-corrected chi connectivity index (χ1v) is 3.57. The van der Waals surface area contributed by atoms with Crippen LogP contribution in [0.15, 0.2) is 16.9 Å². The van der Waals surface area contributed by atoms with Crippen molar-refractivity contribution >= 4 is 6.29 Å². The van der Waals surface area contributed by atoms with Crippen molar-refractivity contribution in [2.45, 2.75) is 26.2 Å². The average molecular weight is 152 g/mol. The maximum absolute atomic E-state index is 10.5. The molecule has 1 rings (SSSR count). The quantitative estimate of drug-likeness (QED) is 0.578. The molecule has 0 fully saturated rings. The van der Waals surface area contributed by atoms with E-state index in [0.717, 1.165) is 11.8 Å². The summed E-state index contributed by atoms with van der Waals surface area (Å²) in [5, 5.41) is 0. The fraction of sp³-hybridized carbons (Fsp3) is 0.444. The van der Waals surface area contributed by atoms with Crippen LogP contribution in [0.25, 0.3) is 0 Å². The maximum Gasteiger partial charge on any atom is 0.153 e. The van der Waals surface area contributed by atoms with Crippen LogP contribution in [0.4, 0.5) is 0 Å². The number of hydrogen-bond donors (Lipinski definition) is 0. The van der Waals surface area contributed by atoms with Crippen LogP contribution in [0.1, 0.15) is 36.7 Å². The van der Waals surface area contributed by atoms with Crippen molar-refractivity contribution in [3.63, 3.8) is 0 Å². The topological polar surface area (TPSA) is 30.2 Å². The highest BCUT2D eigenvalue weighted by Crippen LogP contribution is 2.25. The Kier molecular flexibility index (Phi) is 1.85. The lowest BCUT2D eigenvalue weighted by atomic mass is 9.87. The van der Waals surface area contributed by atoms with Crippen LogP contribution in [-0.4, -0.2) is 6.29 Å². The molecule has 0 radical (unpaired) electrons. The third-order valence-corrected chi connectivity index (χ3v) is 1.63. The van der Waals surface area contributed by atoms with E-state index in [9.17, 15) is 4.79 Å². The summed E-state index contributed by atoms with van der Waals surface area (Å²) in [5.74, 6) is 0. The molecule has 0 saturated heterocycles. The molecule has 1 heterocycles. The Morgan fingerprint density at radius 3 is 2.36 bits per heavy atom. The molecule has 60 valence electrons. The molecular formula is C9H12O2. The highest BCUT2D eigenvalue weighted by atomic mass is 16.3. The molecule has 1 aromatic heterocycles. The molecule has 0 aliphatic heterocycles. The Balaban J connectivity index is 3.12. The van der Waals surface area contributed by atoms with Crippen molar-refractivity contribution < 1.29 is 9.21 Å². The minimum absolute atomic E-state index is 0.0107. The van der Waals surface area contributed by atoms with Gasteiger partial charge in [0, 0.05) is 5.56 Å². The summed E-state index contributed by atoms with van der Waals surface area (Å²) in [4.78, 5) is 10.5. The second-order valence-electron chi connectivity index (χ2n) is 3.61. The number of hydrogen-bond acceptors (Lipinski definition) is 2. The first-order valence-electron chi connectivity index (χ1n) is 3.57. The average Bonchev–Trinajstić information content (AvgIpc) is 2.31. The van der Waals surface area contributed by atoms with Crippen LogP contribution < -0.4 is 0 Å². The van der Waals surface area contributed by atoms with Crippen molar-refractivity contribution in [1.29, 1.82) is 0 Å². The van der Waals surface area contributed by atoms with Crippen LogP contribution >= 0.6 is 0 Å². The van der Waals surface area contributed by atoms with Crippen LogP contribution in [0.2, 0.25) is 0 Å². The Hall–Kier alpha value is -1.05. The van der Waals surface area contributed by atoms with Gasteiger partial charge in [0.05, 0.1) is 11.8 Å². The van der Waals surface area contributed by atoms with Crippen LogP contribution in [0.5, 0.6) is 0 Å². The Morgan fingerprint density at radius 2 is 2.00 bits per heavy atom. The Bertz CT molecular complexity index is 253. The predicted octanol–water partition coefficient (Wildman–Crippen LogP) is 2.39. The molecule has 0 aliphatic carbocycles. The lowest BCUT2D eigenvalue weighted by molar-refractivity contribution is 0.112. The second-order valence-corrected chi connectivity index (χ2v) is 3.61. The fourth-order valence-corrected chi connectivity index (χ4v) is 1.01. The summed E-state index contributed by atoms with van der Waals surface area (Å²) < 4.78 is 4.93. The Labute approximate surface area is 66.2 Å². The largest absolute Gasteiger partial charge is 0.472 e. The third kappa shape index (κ3) is 1.50. The van der Waals surface area contributed by atoms with Gasteiger partial charge in [0.1, 0.15) is 6.26 Å². The fourth-order valence-electron chi connectivity index (χ4n) is 1.01. The lowest BCUT2D eigenvalue weighted by Crippen LogP contribution is -2.11. The van der Waals surface area contributed by atoms with E-state index in [-0.39, 0.29) is 5.41 Å². The van der Waals surface area contributed by atoms with Gasteiger partial charge in [0.25, 0.3) is 0 Å².